The van der Waals surface area contributed by atoms with Gasteiger partial charge in [0.1, 0.15) is 6.54 Å². The van der Waals surface area contributed by atoms with Crippen LogP contribution >= 0.6 is 11.3 Å². The van der Waals surface area contributed by atoms with E-state index in [0.29, 0.717) is 12.2 Å². The zero-order chi connectivity index (χ0) is 16.4. The Labute approximate surface area is 136 Å². The fraction of sp³-hybridized carbons (Fsp3) is 0.467. The number of amides is 2. The van der Waals surface area contributed by atoms with Gasteiger partial charge in [-0.15, -0.1) is 11.3 Å². The van der Waals surface area contributed by atoms with Gasteiger partial charge >= 0.3 is 6.03 Å². The minimum absolute atomic E-state index is 0.0566. The van der Waals surface area contributed by atoms with Crippen molar-refractivity contribution in [2.45, 2.75) is 38.8 Å². The smallest absolute Gasteiger partial charge is 0.317 e. The fourth-order valence-corrected chi connectivity index (χ4v) is 3.87. The van der Waals surface area contributed by atoms with E-state index in [1.807, 2.05) is 0 Å². The van der Waals surface area contributed by atoms with Gasteiger partial charge in [-0.05, 0) is 29.9 Å². The summed E-state index contributed by atoms with van der Waals surface area (Å²) in [5, 5.41) is 8.64. The summed E-state index contributed by atoms with van der Waals surface area (Å²) in [4.78, 5) is 15.7. The summed E-state index contributed by atoms with van der Waals surface area (Å²) in [5.41, 5.74) is 1.65. The van der Waals surface area contributed by atoms with Crippen molar-refractivity contribution in [1.29, 1.82) is 0 Å². The van der Waals surface area contributed by atoms with Gasteiger partial charge in [0.05, 0.1) is 17.9 Å². The third kappa shape index (κ3) is 3.36. The molecule has 23 heavy (non-hydrogen) atoms. The van der Waals surface area contributed by atoms with E-state index >= 15 is 0 Å². The maximum Gasteiger partial charge on any atom is 0.322 e. The Kier molecular flexibility index (Phi) is 4.61. The average molecular weight is 340 g/mol. The predicted molar refractivity (Wildman–Crippen MR) is 85.0 cm³/mol. The second-order valence-corrected chi connectivity index (χ2v) is 6.44. The first-order valence-electron chi connectivity index (χ1n) is 7.53. The number of carbonyl (C=O) groups is 1. The van der Waals surface area contributed by atoms with Gasteiger partial charge in [-0.25, -0.2) is 13.6 Å². The van der Waals surface area contributed by atoms with Crippen LogP contribution in [0.15, 0.2) is 23.8 Å². The first-order valence-corrected chi connectivity index (χ1v) is 8.41. The van der Waals surface area contributed by atoms with Crippen LogP contribution in [-0.4, -0.2) is 33.7 Å². The lowest BCUT2D eigenvalue weighted by molar-refractivity contribution is 0.122. The number of thiophene rings is 1. The second-order valence-electron chi connectivity index (χ2n) is 5.44. The van der Waals surface area contributed by atoms with Crippen LogP contribution in [0.4, 0.5) is 19.3 Å². The van der Waals surface area contributed by atoms with E-state index in [-0.39, 0.29) is 12.1 Å². The molecule has 8 heteroatoms. The van der Waals surface area contributed by atoms with Crippen molar-refractivity contribution >= 4 is 23.1 Å². The molecule has 0 saturated carbocycles. The van der Waals surface area contributed by atoms with Crippen LogP contribution in [0.25, 0.3) is 0 Å². The lowest BCUT2D eigenvalue weighted by Gasteiger charge is -2.35. The molecule has 3 heterocycles. The van der Waals surface area contributed by atoms with Crippen LogP contribution in [0.2, 0.25) is 0 Å². The number of alkyl halides is 2. The molecule has 0 radical (unpaired) electrons. The first kappa shape index (κ1) is 15.9. The van der Waals surface area contributed by atoms with E-state index in [1.54, 1.807) is 16.2 Å². The van der Waals surface area contributed by atoms with Gasteiger partial charge in [0, 0.05) is 17.6 Å². The van der Waals surface area contributed by atoms with Crippen LogP contribution < -0.4 is 5.32 Å². The van der Waals surface area contributed by atoms with Crippen molar-refractivity contribution in [1.82, 2.24) is 14.7 Å². The van der Waals surface area contributed by atoms with Crippen LogP contribution in [0.1, 0.15) is 29.8 Å². The van der Waals surface area contributed by atoms with Gasteiger partial charge in [-0.1, -0.05) is 6.92 Å². The van der Waals surface area contributed by atoms with Crippen molar-refractivity contribution in [2.24, 2.45) is 0 Å². The molecule has 0 fully saturated rings. The number of nitrogens with zero attached hydrogens (tertiary/aromatic N) is 3. The molecule has 0 saturated heterocycles. The van der Waals surface area contributed by atoms with Crippen LogP contribution in [-0.2, 0) is 13.0 Å². The average Bonchev–Trinajstić information content (AvgIpc) is 3.14. The molecular weight excluding hydrogens is 322 g/mol. The van der Waals surface area contributed by atoms with Gasteiger partial charge in [0.25, 0.3) is 6.43 Å². The van der Waals surface area contributed by atoms with Crippen LogP contribution in [0.3, 0.4) is 0 Å². The number of anilines is 1. The minimum atomic E-state index is -2.47. The molecule has 1 unspecified atom stereocenters. The summed E-state index contributed by atoms with van der Waals surface area (Å²) in [6.45, 7) is 2.23. The number of rotatable bonds is 4. The number of fused-ring (bicyclic) bond motifs is 1. The van der Waals surface area contributed by atoms with Crippen molar-refractivity contribution in [3.8, 4) is 0 Å². The molecule has 1 aliphatic heterocycles. The van der Waals surface area contributed by atoms with Crippen molar-refractivity contribution in [3.05, 3.63) is 34.3 Å². The van der Waals surface area contributed by atoms with Crippen molar-refractivity contribution in [2.75, 3.05) is 11.9 Å². The van der Waals surface area contributed by atoms with Crippen molar-refractivity contribution < 1.29 is 13.6 Å². The third-order valence-corrected chi connectivity index (χ3v) is 4.95. The molecule has 0 bridgehead atoms. The van der Waals surface area contributed by atoms with Gasteiger partial charge in [-0.3, -0.25) is 4.68 Å². The molecule has 3 rings (SSSR count). The summed E-state index contributed by atoms with van der Waals surface area (Å²) in [6.07, 6.45) is 2.03. The summed E-state index contributed by atoms with van der Waals surface area (Å²) in [7, 11) is 0. The fourth-order valence-electron chi connectivity index (χ4n) is 2.94. The van der Waals surface area contributed by atoms with Crippen molar-refractivity contribution in [3.63, 3.8) is 0 Å². The lowest BCUT2D eigenvalue weighted by atomic mass is 9.98. The molecule has 0 spiro atoms. The molecule has 5 nitrogen and oxygen atoms in total. The number of hydrogen-bond acceptors (Lipinski definition) is 3. The van der Waals surface area contributed by atoms with Crippen LogP contribution in [0, 0.1) is 0 Å². The molecule has 124 valence electrons. The number of aromatic nitrogens is 2. The number of carbonyl (C=O) groups excluding carboxylic acids is 1. The third-order valence-electron chi connectivity index (χ3n) is 3.95. The number of urea groups is 1. The summed E-state index contributed by atoms with van der Waals surface area (Å²) in [6, 6.07) is 1.92. The molecule has 1 N–H and O–H groups in total. The maximum absolute atomic E-state index is 12.5. The summed E-state index contributed by atoms with van der Waals surface area (Å²) < 4.78 is 25.8. The molecule has 1 aliphatic rings. The normalized spacial score (nSPS) is 17.4. The van der Waals surface area contributed by atoms with E-state index in [1.165, 1.54) is 22.8 Å². The van der Waals surface area contributed by atoms with E-state index in [9.17, 15) is 13.6 Å². The molecule has 0 aliphatic carbocycles. The zero-order valence-corrected chi connectivity index (χ0v) is 13.5. The zero-order valence-electron chi connectivity index (χ0n) is 12.7. The Morgan fingerprint density at radius 3 is 3.13 bits per heavy atom. The maximum atomic E-state index is 12.5. The first-order chi connectivity index (χ1) is 11.1. The monoisotopic (exact) mass is 340 g/mol. The molecular formula is C15H18F2N4OS. The summed E-state index contributed by atoms with van der Waals surface area (Å²) in [5.74, 6) is 0. The van der Waals surface area contributed by atoms with Gasteiger partial charge in [-0.2, -0.15) is 5.10 Å². The minimum Gasteiger partial charge on any atom is -0.317 e. The number of nitrogens with one attached hydrogen (secondary N) is 1. The Morgan fingerprint density at radius 1 is 1.57 bits per heavy atom. The molecule has 2 aromatic heterocycles. The Morgan fingerprint density at radius 2 is 2.39 bits per heavy atom. The van der Waals surface area contributed by atoms with Gasteiger partial charge < -0.3 is 10.2 Å². The predicted octanol–water partition coefficient (Wildman–Crippen LogP) is 3.75. The Bertz CT molecular complexity index is 685. The molecule has 2 aromatic rings. The highest BCUT2D eigenvalue weighted by atomic mass is 32.1. The van der Waals surface area contributed by atoms with Crippen LogP contribution in [0.5, 0.6) is 0 Å². The highest BCUT2D eigenvalue weighted by molar-refractivity contribution is 7.10. The Hall–Kier alpha value is -1.96. The lowest BCUT2D eigenvalue weighted by Crippen LogP contribution is -2.41. The molecule has 1 atom stereocenters. The van der Waals surface area contributed by atoms with E-state index < -0.39 is 13.0 Å². The van der Waals surface area contributed by atoms with Gasteiger partial charge in [0.2, 0.25) is 0 Å². The summed E-state index contributed by atoms with van der Waals surface area (Å²) >= 11 is 1.73. The molecule has 2 amide bonds. The number of hydrogen-bond donors (Lipinski definition) is 1. The highest BCUT2D eigenvalue weighted by Crippen LogP contribution is 2.35. The SMILES string of the molecule is CCC1c2ccsc2CCN1C(=O)Nc1cnn(CC(F)F)c1. The standard InChI is InChI=1S/C15H18F2N4OS/c1-2-12-11-4-6-23-13(11)3-5-21(12)15(22)19-10-7-18-20(8-10)9-14(16)17/h4,6-8,12,14H,2-3,5,9H2,1H3,(H,19,22). The second kappa shape index (κ2) is 6.66. The van der Waals surface area contributed by atoms with E-state index in [2.05, 4.69) is 28.8 Å². The largest absolute Gasteiger partial charge is 0.322 e. The topological polar surface area (TPSA) is 50.2 Å². The Balaban J connectivity index is 1.69. The van der Waals surface area contributed by atoms with Gasteiger partial charge in [0.15, 0.2) is 0 Å². The quantitative estimate of drug-likeness (QED) is 0.921. The molecule has 0 aromatic carbocycles. The van der Waals surface area contributed by atoms with E-state index in [0.717, 1.165) is 17.5 Å². The highest BCUT2D eigenvalue weighted by Gasteiger charge is 2.30. The van der Waals surface area contributed by atoms with E-state index in [4.69, 9.17) is 0 Å². The number of halogens is 2.